The molecule has 2 aliphatic heterocycles. The number of benzene rings is 2. The molecule has 2 aromatic carbocycles. The summed E-state index contributed by atoms with van der Waals surface area (Å²) in [5.41, 5.74) is 1.98. The molecule has 6 rings (SSSR count). The lowest BCUT2D eigenvalue weighted by molar-refractivity contribution is -0.131. The summed E-state index contributed by atoms with van der Waals surface area (Å²) < 4.78 is 18.6. The molecule has 1 aliphatic carbocycles. The molecule has 7 nitrogen and oxygen atoms in total. The predicted molar refractivity (Wildman–Crippen MR) is 142 cm³/mol. The van der Waals surface area contributed by atoms with Gasteiger partial charge in [-0.25, -0.2) is 4.98 Å². The third-order valence-corrected chi connectivity index (χ3v) is 8.19. The van der Waals surface area contributed by atoms with Crippen molar-refractivity contribution >= 4 is 38.4 Å². The van der Waals surface area contributed by atoms with Gasteiger partial charge < -0.3 is 14.2 Å². The summed E-state index contributed by atoms with van der Waals surface area (Å²) in [6, 6.07) is 12.6. The van der Waals surface area contributed by atoms with Crippen molar-refractivity contribution in [3.63, 3.8) is 0 Å². The van der Waals surface area contributed by atoms with Crippen LogP contribution in [-0.2, 0) is 14.3 Å². The van der Waals surface area contributed by atoms with Gasteiger partial charge in [-0.1, -0.05) is 42.5 Å². The highest BCUT2D eigenvalue weighted by atomic mass is 32.1. The second-order valence-corrected chi connectivity index (χ2v) is 10.5. The Hall–Kier alpha value is -3.65. The van der Waals surface area contributed by atoms with Gasteiger partial charge in [-0.15, -0.1) is 0 Å². The molecule has 1 amide bonds. The number of carbonyl (C=O) groups excluding carboxylic acids is 2. The third-order valence-electron chi connectivity index (χ3n) is 7.17. The number of amides is 1. The number of nitrogens with zero attached hydrogens (tertiary/aromatic N) is 2. The van der Waals surface area contributed by atoms with Crippen LogP contribution in [0.25, 0.3) is 10.2 Å². The molecular weight excluding hydrogens is 488 g/mol. The minimum Gasteiger partial charge on any atom is -0.494 e. The number of hydrogen-bond acceptors (Lipinski definition) is 7. The van der Waals surface area contributed by atoms with Crippen LogP contribution in [0.15, 0.2) is 66.5 Å². The molecule has 0 radical (unpaired) electrons. The van der Waals surface area contributed by atoms with E-state index in [4.69, 9.17) is 19.2 Å². The van der Waals surface area contributed by atoms with E-state index in [1.165, 1.54) is 11.3 Å². The number of rotatable bonds is 7. The van der Waals surface area contributed by atoms with E-state index in [9.17, 15) is 9.59 Å². The van der Waals surface area contributed by atoms with Crippen LogP contribution in [0.5, 0.6) is 11.5 Å². The van der Waals surface area contributed by atoms with Crippen molar-refractivity contribution in [2.75, 3.05) is 18.1 Å². The number of ether oxygens (including phenoxy) is 3. The van der Waals surface area contributed by atoms with Crippen molar-refractivity contribution in [2.24, 2.45) is 5.92 Å². The molecule has 190 valence electrons. The Balaban J connectivity index is 1.47. The average molecular weight is 517 g/mol. The van der Waals surface area contributed by atoms with Crippen LogP contribution in [0.3, 0.4) is 0 Å². The lowest BCUT2D eigenvalue weighted by Crippen LogP contribution is -2.39. The molecule has 3 heterocycles. The molecule has 3 aliphatic rings. The van der Waals surface area contributed by atoms with Crippen LogP contribution >= 0.6 is 11.3 Å². The van der Waals surface area contributed by atoms with Crippen molar-refractivity contribution in [3.05, 3.63) is 72.0 Å². The van der Waals surface area contributed by atoms with E-state index in [0.29, 0.717) is 29.7 Å². The zero-order chi connectivity index (χ0) is 25.5. The van der Waals surface area contributed by atoms with Gasteiger partial charge in [0.05, 0.1) is 34.4 Å². The Morgan fingerprint density at radius 3 is 2.81 bits per heavy atom. The molecule has 0 bridgehead atoms. The largest absolute Gasteiger partial charge is 0.494 e. The molecule has 3 unspecified atom stereocenters. The molecule has 3 aromatic rings. The van der Waals surface area contributed by atoms with E-state index >= 15 is 0 Å². The smallest absolute Gasteiger partial charge is 0.296 e. The number of fused-ring (bicyclic) bond motifs is 2. The van der Waals surface area contributed by atoms with Crippen molar-refractivity contribution in [3.8, 4) is 11.5 Å². The number of anilines is 1. The first-order valence-electron chi connectivity index (χ1n) is 12.7. The molecule has 8 heteroatoms. The highest BCUT2D eigenvalue weighted by Crippen LogP contribution is 2.49. The van der Waals surface area contributed by atoms with E-state index in [-0.39, 0.29) is 29.5 Å². The summed E-state index contributed by atoms with van der Waals surface area (Å²) in [7, 11) is 0. The van der Waals surface area contributed by atoms with Crippen molar-refractivity contribution in [1.82, 2.24) is 4.98 Å². The summed E-state index contributed by atoms with van der Waals surface area (Å²) in [4.78, 5) is 34.3. The quantitative estimate of drug-likeness (QED) is 0.372. The fourth-order valence-electron chi connectivity index (χ4n) is 5.54. The molecular formula is C29H28N2O5S. The van der Waals surface area contributed by atoms with E-state index in [0.717, 1.165) is 47.2 Å². The van der Waals surface area contributed by atoms with Gasteiger partial charge >= 0.3 is 0 Å². The van der Waals surface area contributed by atoms with Gasteiger partial charge in [0.25, 0.3) is 5.91 Å². The van der Waals surface area contributed by atoms with Crippen LogP contribution in [-0.4, -0.2) is 36.0 Å². The maximum absolute atomic E-state index is 13.9. The average Bonchev–Trinajstić information content (AvgIpc) is 3.46. The number of aromatic nitrogens is 1. The number of Topliss-reactive ketones (excluding diaryl/α,β-unsaturated/α-hetero) is 1. The molecule has 3 atom stereocenters. The minimum absolute atomic E-state index is 0.0176. The Kier molecular flexibility index (Phi) is 6.20. The SMILES string of the molecule is C=CCOc1cccc(C2C3=C(OC4CCCCC4C3=O)C(=O)N2c2nc3ccc(OCC)cc3s2)c1. The summed E-state index contributed by atoms with van der Waals surface area (Å²) >= 11 is 1.40. The topological polar surface area (TPSA) is 78.0 Å². The van der Waals surface area contributed by atoms with Crippen LogP contribution in [0, 0.1) is 5.92 Å². The van der Waals surface area contributed by atoms with E-state index in [2.05, 4.69) is 6.58 Å². The molecule has 1 fully saturated rings. The molecule has 1 aromatic heterocycles. The zero-order valence-corrected chi connectivity index (χ0v) is 21.5. The van der Waals surface area contributed by atoms with E-state index < -0.39 is 6.04 Å². The fraction of sp³-hybridized carbons (Fsp3) is 0.345. The summed E-state index contributed by atoms with van der Waals surface area (Å²) in [6.45, 7) is 6.57. The standard InChI is InChI=1S/C29H28N2O5S/c1-3-14-35-18-9-7-8-17(15-18)25-24-26(32)20-10-5-6-11-22(20)36-27(24)28(33)31(25)29-30-21-13-12-19(34-4-2)16-23(21)37-29/h3,7-9,12-13,15-16,20,22,25H,1,4-6,10-11,14H2,2H3. The van der Waals surface area contributed by atoms with Crippen LogP contribution < -0.4 is 14.4 Å². The van der Waals surface area contributed by atoms with Crippen LogP contribution in [0.2, 0.25) is 0 Å². The van der Waals surface area contributed by atoms with Crippen molar-refractivity contribution < 1.29 is 23.8 Å². The Morgan fingerprint density at radius 2 is 1.97 bits per heavy atom. The predicted octanol–water partition coefficient (Wildman–Crippen LogP) is 5.76. The van der Waals surface area contributed by atoms with Crippen LogP contribution in [0.1, 0.15) is 44.2 Å². The zero-order valence-electron chi connectivity index (χ0n) is 20.6. The second kappa shape index (κ2) is 9.67. The van der Waals surface area contributed by atoms with Gasteiger partial charge in [0.15, 0.2) is 16.7 Å². The van der Waals surface area contributed by atoms with Crippen LogP contribution in [0.4, 0.5) is 5.13 Å². The van der Waals surface area contributed by atoms with Crippen molar-refractivity contribution in [2.45, 2.75) is 44.8 Å². The van der Waals surface area contributed by atoms with Gasteiger partial charge in [0.1, 0.15) is 24.2 Å². The Morgan fingerprint density at radius 1 is 1.14 bits per heavy atom. The lowest BCUT2D eigenvalue weighted by atomic mass is 9.77. The summed E-state index contributed by atoms with van der Waals surface area (Å²) in [6.07, 6.45) is 5.00. The number of thiazole rings is 1. The third kappa shape index (κ3) is 4.09. The van der Waals surface area contributed by atoms with Gasteiger partial charge in [-0.05, 0) is 62.1 Å². The maximum Gasteiger partial charge on any atom is 0.296 e. The normalized spacial score (nSPS) is 23.1. The molecule has 37 heavy (non-hydrogen) atoms. The maximum atomic E-state index is 13.9. The Bertz CT molecular complexity index is 1430. The summed E-state index contributed by atoms with van der Waals surface area (Å²) in [5, 5.41) is 0.518. The minimum atomic E-state index is -0.642. The van der Waals surface area contributed by atoms with Gasteiger partial charge in [0, 0.05) is 0 Å². The molecule has 0 N–H and O–H groups in total. The first-order chi connectivity index (χ1) is 18.1. The highest BCUT2D eigenvalue weighted by molar-refractivity contribution is 7.22. The Labute approximate surface area is 219 Å². The molecule has 0 saturated heterocycles. The first kappa shape index (κ1) is 23.7. The molecule has 0 spiro atoms. The monoisotopic (exact) mass is 516 g/mol. The summed E-state index contributed by atoms with van der Waals surface area (Å²) in [5.74, 6) is 1.05. The van der Waals surface area contributed by atoms with Gasteiger partial charge in [0.2, 0.25) is 0 Å². The first-order valence-corrected chi connectivity index (χ1v) is 13.6. The molecule has 1 saturated carbocycles. The lowest BCUT2D eigenvalue weighted by Gasteiger charge is -2.35. The number of carbonyl (C=O) groups is 2. The van der Waals surface area contributed by atoms with Gasteiger partial charge in [-0.3, -0.25) is 14.5 Å². The van der Waals surface area contributed by atoms with E-state index in [1.54, 1.807) is 11.0 Å². The number of hydrogen-bond donors (Lipinski definition) is 0. The number of ketones is 1. The second-order valence-electron chi connectivity index (χ2n) is 9.46. The highest BCUT2D eigenvalue weighted by Gasteiger charge is 2.53. The fourth-order valence-corrected chi connectivity index (χ4v) is 6.56. The van der Waals surface area contributed by atoms with Gasteiger partial charge in [-0.2, -0.15) is 0 Å². The van der Waals surface area contributed by atoms with E-state index in [1.807, 2.05) is 49.4 Å². The van der Waals surface area contributed by atoms with Crippen molar-refractivity contribution in [1.29, 1.82) is 0 Å².